The van der Waals surface area contributed by atoms with E-state index >= 15 is 0 Å². The molecule has 0 atom stereocenters. The zero-order chi connectivity index (χ0) is 15.2. The highest BCUT2D eigenvalue weighted by Crippen LogP contribution is 2.20. The average Bonchev–Trinajstić information content (AvgIpc) is 3.09. The summed E-state index contributed by atoms with van der Waals surface area (Å²) in [5.74, 6) is 0. The predicted octanol–water partition coefficient (Wildman–Crippen LogP) is 3.17. The lowest BCUT2D eigenvalue weighted by Gasteiger charge is -2.18. The highest BCUT2D eigenvalue weighted by molar-refractivity contribution is 7.80. The van der Waals surface area contributed by atoms with Crippen molar-refractivity contribution < 1.29 is 0 Å². The maximum atomic E-state index is 5.29. The van der Waals surface area contributed by atoms with Gasteiger partial charge in [0.25, 0.3) is 0 Å². The first-order chi connectivity index (χ1) is 10.8. The Bertz CT molecular complexity index is 606. The summed E-state index contributed by atoms with van der Waals surface area (Å²) in [6, 6.07) is 12.5. The molecular formula is C17H20N4S. The summed E-state index contributed by atoms with van der Waals surface area (Å²) < 4.78 is 0. The minimum atomic E-state index is 0.608. The fourth-order valence-electron chi connectivity index (χ4n) is 2.59. The third-order valence-electron chi connectivity index (χ3n) is 3.78. The second-order valence-corrected chi connectivity index (χ2v) is 5.82. The molecule has 114 valence electrons. The monoisotopic (exact) mass is 312 g/mol. The standard InChI is InChI=1S/C17H20N4S/c22-17(20-15-4-3-9-18-13-15)19-12-14-5-7-16(8-6-14)21-10-1-2-11-21/h3-9,13H,1-2,10-12H2,(H2,19,20,22). The Morgan fingerprint density at radius 3 is 2.59 bits per heavy atom. The van der Waals surface area contributed by atoms with Gasteiger partial charge in [0, 0.05) is 31.5 Å². The van der Waals surface area contributed by atoms with Gasteiger partial charge in [0.05, 0.1) is 11.9 Å². The van der Waals surface area contributed by atoms with E-state index < -0.39 is 0 Å². The zero-order valence-corrected chi connectivity index (χ0v) is 13.3. The van der Waals surface area contributed by atoms with Gasteiger partial charge >= 0.3 is 0 Å². The molecule has 0 aliphatic carbocycles. The van der Waals surface area contributed by atoms with Crippen LogP contribution < -0.4 is 15.5 Å². The third-order valence-corrected chi connectivity index (χ3v) is 4.03. The lowest BCUT2D eigenvalue weighted by molar-refractivity contribution is 0.920. The number of rotatable bonds is 4. The van der Waals surface area contributed by atoms with E-state index in [-0.39, 0.29) is 0 Å². The van der Waals surface area contributed by atoms with Crippen molar-refractivity contribution in [3.8, 4) is 0 Å². The fraction of sp³-hybridized carbons (Fsp3) is 0.294. The summed E-state index contributed by atoms with van der Waals surface area (Å²) in [5, 5.41) is 6.94. The topological polar surface area (TPSA) is 40.2 Å². The van der Waals surface area contributed by atoms with Crippen LogP contribution in [0.5, 0.6) is 0 Å². The van der Waals surface area contributed by atoms with Gasteiger partial charge in [-0.1, -0.05) is 12.1 Å². The number of aromatic nitrogens is 1. The maximum absolute atomic E-state index is 5.29. The molecule has 3 rings (SSSR count). The summed E-state index contributed by atoms with van der Waals surface area (Å²) >= 11 is 5.29. The van der Waals surface area contributed by atoms with Crippen LogP contribution in [0.1, 0.15) is 18.4 Å². The van der Waals surface area contributed by atoms with Crippen LogP contribution in [0.15, 0.2) is 48.8 Å². The molecule has 1 aromatic carbocycles. The van der Waals surface area contributed by atoms with Crippen LogP contribution in [0, 0.1) is 0 Å². The van der Waals surface area contributed by atoms with Crippen LogP contribution in [0.2, 0.25) is 0 Å². The van der Waals surface area contributed by atoms with E-state index in [4.69, 9.17) is 12.2 Å². The van der Waals surface area contributed by atoms with Gasteiger partial charge in [-0.25, -0.2) is 0 Å². The van der Waals surface area contributed by atoms with E-state index in [9.17, 15) is 0 Å². The molecule has 0 spiro atoms. The van der Waals surface area contributed by atoms with E-state index in [1.165, 1.54) is 37.2 Å². The molecule has 1 fully saturated rings. The molecule has 0 bridgehead atoms. The Morgan fingerprint density at radius 1 is 1.14 bits per heavy atom. The summed E-state index contributed by atoms with van der Waals surface area (Å²) in [4.78, 5) is 6.49. The van der Waals surface area contributed by atoms with Crippen molar-refractivity contribution in [2.24, 2.45) is 0 Å². The van der Waals surface area contributed by atoms with E-state index in [1.54, 1.807) is 12.4 Å². The van der Waals surface area contributed by atoms with Gasteiger partial charge in [-0.05, 0) is 54.9 Å². The zero-order valence-electron chi connectivity index (χ0n) is 12.5. The fourth-order valence-corrected chi connectivity index (χ4v) is 2.78. The number of hydrogen-bond acceptors (Lipinski definition) is 3. The number of nitrogens with one attached hydrogen (secondary N) is 2. The van der Waals surface area contributed by atoms with E-state index in [0.717, 1.165) is 5.69 Å². The summed E-state index contributed by atoms with van der Waals surface area (Å²) in [6.07, 6.45) is 6.09. The molecule has 0 radical (unpaired) electrons. The van der Waals surface area contributed by atoms with Crippen molar-refractivity contribution in [1.82, 2.24) is 10.3 Å². The van der Waals surface area contributed by atoms with Crippen LogP contribution in [0.25, 0.3) is 0 Å². The highest BCUT2D eigenvalue weighted by atomic mass is 32.1. The number of thiocarbonyl (C=S) groups is 1. The Hall–Kier alpha value is -2.14. The molecule has 5 heteroatoms. The predicted molar refractivity (Wildman–Crippen MR) is 95.2 cm³/mol. The third kappa shape index (κ3) is 3.95. The van der Waals surface area contributed by atoms with Gasteiger partial charge < -0.3 is 15.5 Å². The van der Waals surface area contributed by atoms with Gasteiger partial charge in [0.2, 0.25) is 0 Å². The lowest BCUT2D eigenvalue weighted by Crippen LogP contribution is -2.27. The molecule has 4 nitrogen and oxygen atoms in total. The first-order valence-electron chi connectivity index (χ1n) is 7.60. The Morgan fingerprint density at radius 2 is 1.91 bits per heavy atom. The maximum Gasteiger partial charge on any atom is 0.171 e. The highest BCUT2D eigenvalue weighted by Gasteiger charge is 2.11. The SMILES string of the molecule is S=C(NCc1ccc(N2CCCC2)cc1)Nc1cccnc1. The second kappa shape index (κ2) is 7.22. The molecule has 1 aliphatic rings. The van der Waals surface area contributed by atoms with Crippen LogP contribution in [0.3, 0.4) is 0 Å². The van der Waals surface area contributed by atoms with E-state index in [1.807, 2.05) is 12.1 Å². The van der Waals surface area contributed by atoms with Crippen molar-refractivity contribution in [2.75, 3.05) is 23.3 Å². The van der Waals surface area contributed by atoms with Crippen molar-refractivity contribution in [1.29, 1.82) is 0 Å². The van der Waals surface area contributed by atoms with Crippen molar-refractivity contribution >= 4 is 28.7 Å². The summed E-state index contributed by atoms with van der Waals surface area (Å²) in [7, 11) is 0. The molecule has 0 unspecified atom stereocenters. The Labute approximate surface area is 136 Å². The van der Waals surface area contributed by atoms with Crippen molar-refractivity contribution in [3.05, 3.63) is 54.4 Å². The largest absolute Gasteiger partial charge is 0.372 e. The van der Waals surface area contributed by atoms with Gasteiger partial charge in [-0.3, -0.25) is 4.98 Å². The molecule has 2 aromatic rings. The number of hydrogen-bond donors (Lipinski definition) is 2. The van der Waals surface area contributed by atoms with Crippen LogP contribution in [-0.4, -0.2) is 23.2 Å². The molecule has 0 amide bonds. The van der Waals surface area contributed by atoms with Crippen LogP contribution >= 0.6 is 12.2 Å². The van der Waals surface area contributed by atoms with E-state index in [0.29, 0.717) is 11.7 Å². The summed E-state index contributed by atoms with van der Waals surface area (Å²) in [6.45, 7) is 3.07. The number of anilines is 2. The smallest absolute Gasteiger partial charge is 0.171 e. The molecular weight excluding hydrogens is 292 g/mol. The Balaban J connectivity index is 1.49. The first kappa shape index (κ1) is 14.8. The first-order valence-corrected chi connectivity index (χ1v) is 8.01. The van der Waals surface area contributed by atoms with Crippen molar-refractivity contribution in [3.63, 3.8) is 0 Å². The van der Waals surface area contributed by atoms with Crippen LogP contribution in [-0.2, 0) is 6.54 Å². The number of pyridine rings is 1. The van der Waals surface area contributed by atoms with Crippen LogP contribution in [0.4, 0.5) is 11.4 Å². The molecule has 1 aromatic heterocycles. The minimum absolute atomic E-state index is 0.608. The second-order valence-electron chi connectivity index (χ2n) is 5.41. The normalized spacial score (nSPS) is 13.9. The minimum Gasteiger partial charge on any atom is -0.372 e. The van der Waals surface area contributed by atoms with Crippen molar-refractivity contribution in [2.45, 2.75) is 19.4 Å². The lowest BCUT2D eigenvalue weighted by atomic mass is 10.2. The van der Waals surface area contributed by atoms with Gasteiger partial charge in [-0.2, -0.15) is 0 Å². The number of benzene rings is 1. The van der Waals surface area contributed by atoms with E-state index in [2.05, 4.69) is 44.8 Å². The molecule has 2 N–H and O–H groups in total. The summed E-state index contributed by atoms with van der Waals surface area (Å²) in [5.41, 5.74) is 3.43. The molecule has 1 aliphatic heterocycles. The van der Waals surface area contributed by atoms with Gasteiger partial charge in [-0.15, -0.1) is 0 Å². The Kier molecular flexibility index (Phi) is 4.85. The van der Waals surface area contributed by atoms with Gasteiger partial charge in [0.1, 0.15) is 0 Å². The molecule has 1 saturated heterocycles. The quantitative estimate of drug-likeness (QED) is 0.849. The van der Waals surface area contributed by atoms with Gasteiger partial charge in [0.15, 0.2) is 5.11 Å². The molecule has 2 heterocycles. The molecule has 0 saturated carbocycles. The average molecular weight is 312 g/mol. The molecule has 22 heavy (non-hydrogen) atoms. The number of nitrogens with zero attached hydrogens (tertiary/aromatic N) is 2.